The first-order valence-electron chi connectivity index (χ1n) is 6.06. The Balaban J connectivity index is 2.47. The molecular weight excluding hydrogens is 250 g/mol. The van der Waals surface area contributed by atoms with Gasteiger partial charge in [0, 0.05) is 35.9 Å². The highest BCUT2D eigenvalue weighted by molar-refractivity contribution is 7.84. The van der Waals surface area contributed by atoms with E-state index in [0.717, 1.165) is 36.6 Å². The Labute approximate surface area is 111 Å². The van der Waals surface area contributed by atoms with Crippen LogP contribution >= 0.6 is 0 Å². The number of nitrogens with one attached hydrogen (secondary N) is 1. The molecule has 18 heavy (non-hydrogen) atoms. The lowest BCUT2D eigenvalue weighted by Crippen LogP contribution is -2.21. The lowest BCUT2D eigenvalue weighted by molar-refractivity contribution is 0.368. The van der Waals surface area contributed by atoms with Crippen LogP contribution in [0.2, 0.25) is 0 Å². The number of hydrogen-bond donors (Lipinski definition) is 1. The van der Waals surface area contributed by atoms with E-state index in [9.17, 15) is 4.21 Å². The summed E-state index contributed by atoms with van der Waals surface area (Å²) in [6, 6.07) is 0. The second-order valence-electron chi connectivity index (χ2n) is 4.47. The number of aryl methyl sites for hydroxylation is 2. The summed E-state index contributed by atoms with van der Waals surface area (Å²) >= 11 is 0. The summed E-state index contributed by atoms with van der Waals surface area (Å²) in [5.41, 5.74) is 2.07. The van der Waals surface area contributed by atoms with Gasteiger partial charge in [-0.15, -0.1) is 0 Å². The van der Waals surface area contributed by atoms with Crippen molar-refractivity contribution in [1.29, 1.82) is 0 Å². The molecule has 0 spiro atoms. The number of hydrogen-bond acceptors (Lipinski definition) is 4. The third-order valence-electron chi connectivity index (χ3n) is 3.08. The summed E-state index contributed by atoms with van der Waals surface area (Å²) in [5, 5.41) is 7.91. The van der Waals surface area contributed by atoms with Gasteiger partial charge in [-0.25, -0.2) is 4.68 Å². The van der Waals surface area contributed by atoms with Crippen LogP contribution in [0.5, 0.6) is 5.88 Å². The van der Waals surface area contributed by atoms with Gasteiger partial charge in [0.25, 0.3) is 0 Å². The molecule has 1 N–H and O–H groups in total. The van der Waals surface area contributed by atoms with E-state index in [1.807, 2.05) is 20.9 Å². The molecule has 5 nitrogen and oxygen atoms in total. The smallest absolute Gasteiger partial charge is 0.216 e. The van der Waals surface area contributed by atoms with Crippen LogP contribution in [-0.2, 0) is 24.4 Å². The molecule has 0 radical (unpaired) electrons. The predicted molar refractivity (Wildman–Crippen MR) is 74.3 cm³/mol. The monoisotopic (exact) mass is 273 g/mol. The van der Waals surface area contributed by atoms with Crippen LogP contribution in [0.3, 0.4) is 0 Å². The Bertz CT molecular complexity index is 418. The maximum absolute atomic E-state index is 11.2. The van der Waals surface area contributed by atoms with Crippen molar-refractivity contribution in [2.24, 2.45) is 7.05 Å². The summed E-state index contributed by atoms with van der Waals surface area (Å²) in [5.74, 6) is 0.798. The van der Waals surface area contributed by atoms with Gasteiger partial charge in [-0.05, 0) is 19.9 Å². The number of aromatic nitrogens is 2. The number of ether oxygens (including phenoxy) is 1. The van der Waals surface area contributed by atoms with Gasteiger partial charge in [0.05, 0.1) is 18.4 Å². The Morgan fingerprint density at radius 1 is 1.56 bits per heavy atom. The molecule has 1 rings (SSSR count). The highest BCUT2D eigenvalue weighted by Gasteiger charge is 2.13. The van der Waals surface area contributed by atoms with E-state index in [2.05, 4.69) is 10.4 Å². The number of rotatable bonds is 7. The fourth-order valence-corrected chi connectivity index (χ4v) is 2.27. The molecule has 0 bridgehead atoms. The minimum Gasteiger partial charge on any atom is -0.481 e. The van der Waals surface area contributed by atoms with E-state index in [-0.39, 0.29) is 5.25 Å². The van der Waals surface area contributed by atoms with Crippen LogP contribution in [0.4, 0.5) is 0 Å². The van der Waals surface area contributed by atoms with Crippen LogP contribution in [0, 0.1) is 6.92 Å². The molecule has 1 aromatic heterocycles. The molecule has 6 heteroatoms. The largest absolute Gasteiger partial charge is 0.481 e. The molecule has 2 unspecified atom stereocenters. The van der Waals surface area contributed by atoms with Crippen molar-refractivity contribution in [3.8, 4) is 5.88 Å². The molecule has 0 amide bonds. The summed E-state index contributed by atoms with van der Waals surface area (Å²) in [7, 11) is 2.78. The molecule has 1 heterocycles. The zero-order chi connectivity index (χ0) is 13.7. The molecule has 0 saturated heterocycles. The number of methoxy groups -OCH3 is 1. The molecule has 2 atom stereocenters. The first-order valence-corrected chi connectivity index (χ1v) is 7.68. The first kappa shape index (κ1) is 15.2. The van der Waals surface area contributed by atoms with Crippen molar-refractivity contribution >= 4 is 10.8 Å². The fourth-order valence-electron chi connectivity index (χ4n) is 1.82. The van der Waals surface area contributed by atoms with Gasteiger partial charge in [-0.3, -0.25) is 4.21 Å². The lowest BCUT2D eigenvalue weighted by atomic mass is 10.2. The van der Waals surface area contributed by atoms with Gasteiger partial charge in [0.15, 0.2) is 0 Å². The minimum atomic E-state index is -0.746. The molecule has 0 aliphatic heterocycles. The Hall–Kier alpha value is -0.880. The van der Waals surface area contributed by atoms with Crippen LogP contribution in [0.1, 0.15) is 24.6 Å². The second-order valence-corrected chi connectivity index (χ2v) is 6.27. The molecule has 0 saturated carbocycles. The van der Waals surface area contributed by atoms with Crippen molar-refractivity contribution in [3.63, 3.8) is 0 Å². The van der Waals surface area contributed by atoms with E-state index in [1.165, 1.54) is 0 Å². The minimum absolute atomic E-state index is 0.231. The zero-order valence-corrected chi connectivity index (χ0v) is 12.6. The third kappa shape index (κ3) is 3.81. The van der Waals surface area contributed by atoms with Crippen molar-refractivity contribution in [1.82, 2.24) is 15.1 Å². The van der Waals surface area contributed by atoms with Gasteiger partial charge < -0.3 is 10.1 Å². The van der Waals surface area contributed by atoms with Crippen molar-refractivity contribution in [2.45, 2.75) is 32.1 Å². The Morgan fingerprint density at radius 3 is 2.78 bits per heavy atom. The van der Waals surface area contributed by atoms with Gasteiger partial charge in [0.2, 0.25) is 5.88 Å². The van der Waals surface area contributed by atoms with E-state index < -0.39 is 10.8 Å². The van der Waals surface area contributed by atoms with E-state index >= 15 is 0 Å². The predicted octanol–water partition coefficient (Wildman–Crippen LogP) is 0.984. The van der Waals surface area contributed by atoms with E-state index in [0.29, 0.717) is 0 Å². The number of nitrogens with zero attached hydrogens (tertiary/aromatic N) is 2. The molecule has 0 aromatic carbocycles. The van der Waals surface area contributed by atoms with Gasteiger partial charge in [-0.2, -0.15) is 5.10 Å². The molecule has 0 aliphatic rings. The topological polar surface area (TPSA) is 56.1 Å². The van der Waals surface area contributed by atoms with Crippen LogP contribution in [0.15, 0.2) is 0 Å². The summed E-state index contributed by atoms with van der Waals surface area (Å²) < 4.78 is 18.3. The Morgan fingerprint density at radius 2 is 2.22 bits per heavy atom. The average Bonchev–Trinajstić information content (AvgIpc) is 2.58. The first-order chi connectivity index (χ1) is 8.47. The maximum Gasteiger partial charge on any atom is 0.216 e. The van der Waals surface area contributed by atoms with Gasteiger partial charge in [-0.1, -0.05) is 6.92 Å². The highest BCUT2D eigenvalue weighted by Crippen LogP contribution is 2.20. The quantitative estimate of drug-likeness (QED) is 0.753. The Kier molecular flexibility index (Phi) is 5.81. The SMILES string of the molecule is COc1c(CNCCC(C)S(C)=O)c(C)nn1C. The lowest BCUT2D eigenvalue weighted by Gasteiger charge is -2.10. The molecule has 0 fully saturated rings. The summed E-state index contributed by atoms with van der Waals surface area (Å²) in [4.78, 5) is 0. The van der Waals surface area contributed by atoms with Crippen LogP contribution in [-0.4, -0.2) is 39.1 Å². The van der Waals surface area contributed by atoms with Gasteiger partial charge >= 0.3 is 0 Å². The molecular formula is C12H23N3O2S. The fraction of sp³-hybridized carbons (Fsp3) is 0.750. The van der Waals surface area contributed by atoms with Crippen LogP contribution < -0.4 is 10.1 Å². The van der Waals surface area contributed by atoms with Gasteiger partial charge in [0.1, 0.15) is 0 Å². The summed E-state index contributed by atoms with van der Waals surface area (Å²) in [6.45, 7) is 5.56. The standard InChI is InChI=1S/C12H23N3O2S/c1-9(18(5)16)6-7-13-8-11-10(2)14-15(3)12(11)17-4/h9,13H,6-8H2,1-5H3. The van der Waals surface area contributed by atoms with Crippen molar-refractivity contribution in [3.05, 3.63) is 11.3 Å². The normalized spacial score (nSPS) is 14.5. The second kappa shape index (κ2) is 6.89. The maximum atomic E-state index is 11.2. The highest BCUT2D eigenvalue weighted by atomic mass is 32.2. The zero-order valence-electron chi connectivity index (χ0n) is 11.8. The van der Waals surface area contributed by atoms with E-state index in [1.54, 1.807) is 18.0 Å². The molecule has 104 valence electrons. The average molecular weight is 273 g/mol. The summed E-state index contributed by atoms with van der Waals surface area (Å²) in [6.07, 6.45) is 2.66. The van der Waals surface area contributed by atoms with Crippen LogP contribution in [0.25, 0.3) is 0 Å². The van der Waals surface area contributed by atoms with Crippen molar-refractivity contribution < 1.29 is 8.95 Å². The third-order valence-corrected chi connectivity index (χ3v) is 4.45. The molecule has 1 aromatic rings. The van der Waals surface area contributed by atoms with E-state index in [4.69, 9.17) is 4.74 Å². The van der Waals surface area contributed by atoms with Crippen molar-refractivity contribution in [2.75, 3.05) is 19.9 Å². The molecule has 0 aliphatic carbocycles.